The van der Waals surface area contributed by atoms with Crippen LogP contribution in [0.3, 0.4) is 0 Å². The van der Waals surface area contributed by atoms with Crippen LogP contribution in [0.2, 0.25) is 0 Å². The van der Waals surface area contributed by atoms with Crippen LogP contribution in [0.15, 0.2) is 0 Å². The maximum Gasteiger partial charge on any atom is 0.420 e. The lowest BCUT2D eigenvalue weighted by atomic mass is 10.3. The molecule has 0 N–H and O–H groups in total. The zero-order valence-electron chi connectivity index (χ0n) is 5.62. The van der Waals surface area contributed by atoms with Crippen LogP contribution in [0, 0.1) is 0 Å². The predicted octanol–water partition coefficient (Wildman–Crippen LogP) is 0.213. The van der Waals surface area contributed by atoms with Gasteiger partial charge in [-0.15, -0.1) is 0 Å². The fraction of sp³-hybridized carbons (Fsp3) is 0.667. The first-order valence-electron chi connectivity index (χ1n) is 3.15. The van der Waals surface area contributed by atoms with E-state index >= 15 is 0 Å². The molecular weight excluding hydrogens is 136 g/mol. The molecule has 1 rings (SSSR count). The van der Waals surface area contributed by atoms with E-state index in [9.17, 15) is 9.59 Å². The van der Waals surface area contributed by atoms with Gasteiger partial charge < -0.3 is 9.47 Å². The predicted molar refractivity (Wildman–Crippen MR) is 30.9 cm³/mol. The smallest absolute Gasteiger partial charge is 0.417 e. The van der Waals surface area contributed by atoms with Crippen LogP contribution in [-0.2, 0) is 19.1 Å². The highest BCUT2D eigenvalue weighted by Crippen LogP contribution is 2.11. The minimum absolute atomic E-state index is 0.581. The topological polar surface area (TPSA) is 52.6 Å². The molecule has 10 heavy (non-hydrogen) atoms. The van der Waals surface area contributed by atoms with Gasteiger partial charge in [0.15, 0.2) is 0 Å². The Hall–Kier alpha value is -1.06. The molecule has 0 aromatic heterocycles. The Labute approximate surface area is 58.1 Å². The summed E-state index contributed by atoms with van der Waals surface area (Å²) in [6.45, 7) is 1.92. The fourth-order valence-electron chi connectivity index (χ4n) is 0.713. The van der Waals surface area contributed by atoms with E-state index in [1.807, 2.05) is 6.92 Å². The van der Waals surface area contributed by atoms with Crippen molar-refractivity contribution in [3.8, 4) is 0 Å². The van der Waals surface area contributed by atoms with E-state index < -0.39 is 18.2 Å². The summed E-state index contributed by atoms with van der Waals surface area (Å²) in [5.74, 6) is -1.75. The summed E-state index contributed by atoms with van der Waals surface area (Å²) in [6.07, 6.45) is 0.771. The van der Waals surface area contributed by atoms with Crippen LogP contribution >= 0.6 is 0 Å². The highest BCUT2D eigenvalue weighted by Gasteiger charge is 2.33. The first-order valence-corrected chi connectivity index (χ1v) is 3.15. The highest BCUT2D eigenvalue weighted by atomic mass is 16.8. The quantitative estimate of drug-likeness (QED) is 0.410. The Morgan fingerprint density at radius 2 is 1.80 bits per heavy atom. The summed E-state index contributed by atoms with van der Waals surface area (Å²) in [5, 5.41) is 0. The summed E-state index contributed by atoms with van der Waals surface area (Å²) in [7, 11) is 0. The molecule has 0 spiro atoms. The molecule has 1 saturated heterocycles. The Morgan fingerprint density at radius 1 is 1.30 bits per heavy atom. The number of hydrogen-bond acceptors (Lipinski definition) is 4. The molecule has 1 fully saturated rings. The average Bonchev–Trinajstić information content (AvgIpc) is 2.14. The fourth-order valence-corrected chi connectivity index (χ4v) is 0.713. The number of ether oxygens (including phenoxy) is 2. The van der Waals surface area contributed by atoms with Gasteiger partial charge in [-0.2, -0.15) is 0 Å². The van der Waals surface area contributed by atoms with Crippen molar-refractivity contribution in [3.63, 3.8) is 0 Å². The molecule has 56 valence electrons. The van der Waals surface area contributed by atoms with Gasteiger partial charge >= 0.3 is 11.9 Å². The Balaban J connectivity index is 2.41. The summed E-state index contributed by atoms with van der Waals surface area (Å²) in [4.78, 5) is 20.7. The van der Waals surface area contributed by atoms with Gasteiger partial charge in [-0.05, 0) is 6.42 Å². The second kappa shape index (κ2) is 2.68. The largest absolute Gasteiger partial charge is 0.420 e. The van der Waals surface area contributed by atoms with Gasteiger partial charge in [0, 0.05) is 6.42 Å². The van der Waals surface area contributed by atoms with Crippen molar-refractivity contribution in [3.05, 3.63) is 0 Å². The second-order valence-electron chi connectivity index (χ2n) is 2.03. The number of rotatable bonds is 2. The molecule has 0 aromatic rings. The van der Waals surface area contributed by atoms with Crippen LogP contribution in [0.25, 0.3) is 0 Å². The molecule has 1 aliphatic rings. The van der Waals surface area contributed by atoms with E-state index in [-0.39, 0.29) is 0 Å². The molecule has 4 heteroatoms. The molecule has 0 saturated carbocycles. The summed E-state index contributed by atoms with van der Waals surface area (Å²) in [5.41, 5.74) is 0. The van der Waals surface area contributed by atoms with Gasteiger partial charge in [0.2, 0.25) is 6.29 Å². The SMILES string of the molecule is CCCC1OC(=O)C(=O)O1. The monoisotopic (exact) mass is 144 g/mol. The maximum absolute atomic E-state index is 10.4. The van der Waals surface area contributed by atoms with Gasteiger partial charge in [0.1, 0.15) is 0 Å². The molecule has 0 unspecified atom stereocenters. The molecule has 4 nitrogen and oxygen atoms in total. The lowest BCUT2D eigenvalue weighted by molar-refractivity contribution is -0.150. The van der Waals surface area contributed by atoms with E-state index in [1.54, 1.807) is 0 Å². The molecule has 0 bridgehead atoms. The molecule has 0 radical (unpaired) electrons. The molecule has 0 atom stereocenters. The first-order chi connectivity index (χ1) is 4.74. The number of carbonyl (C=O) groups is 2. The van der Waals surface area contributed by atoms with Gasteiger partial charge in [-0.3, -0.25) is 0 Å². The molecule has 1 aliphatic heterocycles. The van der Waals surface area contributed by atoms with E-state index in [2.05, 4.69) is 9.47 Å². The molecular formula is C6H8O4. The van der Waals surface area contributed by atoms with E-state index in [1.165, 1.54) is 0 Å². The number of carbonyl (C=O) groups excluding carboxylic acids is 2. The van der Waals surface area contributed by atoms with E-state index in [0.717, 1.165) is 6.42 Å². The first kappa shape index (κ1) is 7.05. The molecule has 0 aliphatic carbocycles. The van der Waals surface area contributed by atoms with Gasteiger partial charge in [-0.1, -0.05) is 6.92 Å². The lowest BCUT2D eigenvalue weighted by Gasteiger charge is -2.03. The Bertz CT molecular complexity index is 147. The number of hydrogen-bond donors (Lipinski definition) is 0. The van der Waals surface area contributed by atoms with Crippen LogP contribution in [-0.4, -0.2) is 18.2 Å². The second-order valence-corrected chi connectivity index (χ2v) is 2.03. The number of cyclic esters (lactones) is 2. The van der Waals surface area contributed by atoms with E-state index in [0.29, 0.717) is 6.42 Å². The van der Waals surface area contributed by atoms with Crippen molar-refractivity contribution in [1.82, 2.24) is 0 Å². The van der Waals surface area contributed by atoms with Gasteiger partial charge in [-0.25, -0.2) is 9.59 Å². The standard InChI is InChI=1S/C6H8O4/c1-2-3-4-9-5(7)6(8)10-4/h4H,2-3H2,1H3. The average molecular weight is 144 g/mol. The minimum atomic E-state index is -0.876. The lowest BCUT2D eigenvalue weighted by Crippen LogP contribution is -2.06. The van der Waals surface area contributed by atoms with Crippen molar-refractivity contribution in [2.45, 2.75) is 26.1 Å². The minimum Gasteiger partial charge on any atom is -0.417 e. The van der Waals surface area contributed by atoms with Crippen LogP contribution < -0.4 is 0 Å². The number of esters is 2. The van der Waals surface area contributed by atoms with Crippen LogP contribution in [0.5, 0.6) is 0 Å². The third-order valence-electron chi connectivity index (χ3n) is 1.17. The maximum atomic E-state index is 10.4. The van der Waals surface area contributed by atoms with Crippen molar-refractivity contribution >= 4 is 11.9 Å². The zero-order chi connectivity index (χ0) is 7.56. The zero-order valence-corrected chi connectivity index (χ0v) is 5.62. The Morgan fingerprint density at radius 3 is 2.20 bits per heavy atom. The van der Waals surface area contributed by atoms with Crippen LogP contribution in [0.4, 0.5) is 0 Å². The van der Waals surface area contributed by atoms with Gasteiger partial charge in [0.25, 0.3) is 0 Å². The normalized spacial score (nSPS) is 18.9. The van der Waals surface area contributed by atoms with E-state index in [4.69, 9.17) is 0 Å². The van der Waals surface area contributed by atoms with Crippen molar-refractivity contribution < 1.29 is 19.1 Å². The van der Waals surface area contributed by atoms with Crippen molar-refractivity contribution in [1.29, 1.82) is 0 Å². The molecule has 0 amide bonds. The third-order valence-corrected chi connectivity index (χ3v) is 1.17. The van der Waals surface area contributed by atoms with Crippen LogP contribution in [0.1, 0.15) is 19.8 Å². The Kier molecular flexibility index (Phi) is 1.89. The molecule has 0 aromatic carbocycles. The summed E-state index contributed by atoms with van der Waals surface area (Å²) < 4.78 is 9.01. The highest BCUT2D eigenvalue weighted by molar-refractivity contribution is 6.30. The molecule has 1 heterocycles. The third kappa shape index (κ3) is 1.26. The summed E-state index contributed by atoms with van der Waals surface area (Å²) >= 11 is 0. The summed E-state index contributed by atoms with van der Waals surface area (Å²) in [6, 6.07) is 0. The van der Waals surface area contributed by atoms with Crippen molar-refractivity contribution in [2.24, 2.45) is 0 Å². The van der Waals surface area contributed by atoms with Crippen molar-refractivity contribution in [2.75, 3.05) is 0 Å². The van der Waals surface area contributed by atoms with Gasteiger partial charge in [0.05, 0.1) is 0 Å².